The normalized spacial score (nSPS) is 12.1. The maximum atomic E-state index is 12.2. The van der Waals surface area contributed by atoms with Gasteiger partial charge in [-0.2, -0.15) is 0 Å². The van der Waals surface area contributed by atoms with Gasteiger partial charge in [0.25, 0.3) is 5.91 Å². The maximum absolute atomic E-state index is 12.2. The van der Waals surface area contributed by atoms with Gasteiger partial charge in [0.05, 0.1) is 12.6 Å². The van der Waals surface area contributed by atoms with E-state index in [1.54, 1.807) is 19.1 Å². The van der Waals surface area contributed by atoms with Crippen molar-refractivity contribution in [3.63, 3.8) is 0 Å². The highest BCUT2D eigenvalue weighted by molar-refractivity contribution is 5.94. The van der Waals surface area contributed by atoms with Crippen LogP contribution in [0.3, 0.4) is 0 Å². The second-order valence-corrected chi connectivity index (χ2v) is 4.66. The van der Waals surface area contributed by atoms with Crippen molar-refractivity contribution in [2.75, 3.05) is 39.8 Å². The van der Waals surface area contributed by atoms with Crippen LogP contribution in [-0.4, -0.2) is 51.7 Å². The molecule has 0 aliphatic heterocycles. The number of methoxy groups -OCH3 is 1. The predicted octanol–water partition coefficient (Wildman–Crippen LogP) is 1.86. The molecule has 0 saturated heterocycles. The Balaban J connectivity index is 2.77. The number of carbonyl (C=O) groups excluding carboxylic acids is 1. The number of hydrogen-bond donors (Lipinski definition) is 0. The van der Waals surface area contributed by atoms with Gasteiger partial charge < -0.3 is 14.5 Å². The third kappa shape index (κ3) is 3.47. The van der Waals surface area contributed by atoms with E-state index < -0.39 is 0 Å². The Morgan fingerprint density at radius 2 is 1.78 bits per heavy atom. The standard InChI is InChI=1S/C14H22N2O2/c1-11(10-18-5)16(4)14(17)12-6-8-13(9-7-12)15(2)3/h6-9,11H,10H2,1-5H3. The third-order valence-corrected chi connectivity index (χ3v) is 3.02. The molecule has 0 N–H and O–H groups in total. The molecule has 0 spiro atoms. The first-order valence-electron chi connectivity index (χ1n) is 6.01. The number of likely N-dealkylation sites (N-methyl/N-ethyl adjacent to an activating group) is 1. The molecule has 4 nitrogen and oxygen atoms in total. The summed E-state index contributed by atoms with van der Waals surface area (Å²) in [6.07, 6.45) is 0. The van der Waals surface area contributed by atoms with Gasteiger partial charge in [-0.15, -0.1) is 0 Å². The summed E-state index contributed by atoms with van der Waals surface area (Å²) in [5.41, 5.74) is 1.78. The van der Waals surface area contributed by atoms with E-state index in [4.69, 9.17) is 4.74 Å². The first-order valence-corrected chi connectivity index (χ1v) is 6.01. The van der Waals surface area contributed by atoms with Crippen molar-refractivity contribution in [3.05, 3.63) is 29.8 Å². The Morgan fingerprint density at radius 3 is 2.22 bits per heavy atom. The van der Waals surface area contributed by atoms with E-state index in [9.17, 15) is 4.79 Å². The number of rotatable bonds is 5. The Bertz CT molecular complexity index is 387. The van der Waals surface area contributed by atoms with Crippen LogP contribution >= 0.6 is 0 Å². The van der Waals surface area contributed by atoms with E-state index in [-0.39, 0.29) is 11.9 Å². The molecule has 0 aliphatic rings. The Hall–Kier alpha value is -1.55. The summed E-state index contributed by atoms with van der Waals surface area (Å²) < 4.78 is 5.06. The number of anilines is 1. The Kier molecular flexibility index (Phi) is 5.16. The second-order valence-electron chi connectivity index (χ2n) is 4.66. The highest BCUT2D eigenvalue weighted by atomic mass is 16.5. The molecule has 18 heavy (non-hydrogen) atoms. The largest absolute Gasteiger partial charge is 0.383 e. The molecular formula is C14H22N2O2. The van der Waals surface area contributed by atoms with Gasteiger partial charge in [0.1, 0.15) is 0 Å². The highest BCUT2D eigenvalue weighted by Gasteiger charge is 2.17. The monoisotopic (exact) mass is 250 g/mol. The summed E-state index contributed by atoms with van der Waals surface area (Å²) in [5, 5.41) is 0. The Labute approximate surface area is 109 Å². The molecule has 0 saturated carbocycles. The summed E-state index contributed by atoms with van der Waals surface area (Å²) >= 11 is 0. The molecular weight excluding hydrogens is 228 g/mol. The topological polar surface area (TPSA) is 32.8 Å². The summed E-state index contributed by atoms with van der Waals surface area (Å²) in [7, 11) is 7.39. The van der Waals surface area contributed by atoms with Crippen molar-refractivity contribution in [1.82, 2.24) is 4.90 Å². The number of carbonyl (C=O) groups is 1. The minimum Gasteiger partial charge on any atom is -0.383 e. The van der Waals surface area contributed by atoms with Crippen LogP contribution in [0.5, 0.6) is 0 Å². The summed E-state index contributed by atoms with van der Waals surface area (Å²) in [6.45, 7) is 2.51. The molecule has 0 heterocycles. The molecule has 0 aromatic heterocycles. The highest BCUT2D eigenvalue weighted by Crippen LogP contribution is 2.14. The van der Waals surface area contributed by atoms with E-state index >= 15 is 0 Å². The Morgan fingerprint density at radius 1 is 1.22 bits per heavy atom. The molecule has 0 aliphatic carbocycles. The average Bonchev–Trinajstić information content (AvgIpc) is 2.37. The molecule has 1 aromatic rings. The van der Waals surface area contributed by atoms with Crippen molar-refractivity contribution in [3.8, 4) is 0 Å². The van der Waals surface area contributed by atoms with Crippen molar-refractivity contribution in [1.29, 1.82) is 0 Å². The molecule has 1 amide bonds. The predicted molar refractivity (Wildman–Crippen MR) is 74.2 cm³/mol. The number of amides is 1. The van der Waals surface area contributed by atoms with Crippen molar-refractivity contribution < 1.29 is 9.53 Å². The van der Waals surface area contributed by atoms with E-state index in [0.29, 0.717) is 12.2 Å². The lowest BCUT2D eigenvalue weighted by atomic mass is 10.1. The first-order chi connectivity index (χ1) is 8.47. The quantitative estimate of drug-likeness (QED) is 0.799. The van der Waals surface area contributed by atoms with Crippen molar-refractivity contribution >= 4 is 11.6 Å². The molecule has 0 fully saturated rings. The fourth-order valence-electron chi connectivity index (χ4n) is 1.66. The van der Waals surface area contributed by atoms with Gasteiger partial charge in [-0.05, 0) is 31.2 Å². The van der Waals surface area contributed by atoms with Crippen LogP contribution in [0.2, 0.25) is 0 Å². The average molecular weight is 250 g/mol. The van der Waals surface area contributed by atoms with Crippen LogP contribution in [0.4, 0.5) is 5.69 Å². The van der Waals surface area contributed by atoms with E-state index in [1.807, 2.05) is 50.2 Å². The van der Waals surface area contributed by atoms with Crippen molar-refractivity contribution in [2.24, 2.45) is 0 Å². The van der Waals surface area contributed by atoms with Gasteiger partial charge in [-0.3, -0.25) is 4.79 Å². The van der Waals surface area contributed by atoms with E-state index in [0.717, 1.165) is 5.69 Å². The minimum atomic E-state index is 0.0184. The number of nitrogens with zero attached hydrogens (tertiary/aromatic N) is 2. The number of benzene rings is 1. The molecule has 1 atom stereocenters. The van der Waals surface area contributed by atoms with Crippen LogP contribution in [0.25, 0.3) is 0 Å². The van der Waals surface area contributed by atoms with Gasteiger partial charge in [-0.1, -0.05) is 0 Å². The maximum Gasteiger partial charge on any atom is 0.253 e. The second kappa shape index (κ2) is 6.40. The SMILES string of the molecule is COCC(C)N(C)C(=O)c1ccc(N(C)C)cc1. The fraction of sp³-hybridized carbons (Fsp3) is 0.500. The smallest absolute Gasteiger partial charge is 0.253 e. The molecule has 0 bridgehead atoms. The molecule has 0 radical (unpaired) electrons. The van der Waals surface area contributed by atoms with Gasteiger partial charge >= 0.3 is 0 Å². The van der Waals surface area contributed by atoms with Gasteiger partial charge in [-0.25, -0.2) is 0 Å². The first kappa shape index (κ1) is 14.5. The van der Waals surface area contributed by atoms with Gasteiger partial charge in [0, 0.05) is 39.5 Å². The molecule has 100 valence electrons. The molecule has 1 rings (SSSR count). The fourth-order valence-corrected chi connectivity index (χ4v) is 1.66. The van der Waals surface area contributed by atoms with Crippen LogP contribution in [0.15, 0.2) is 24.3 Å². The van der Waals surface area contributed by atoms with Crippen LogP contribution in [0.1, 0.15) is 17.3 Å². The summed E-state index contributed by atoms with van der Waals surface area (Å²) in [5.74, 6) is 0.0184. The molecule has 1 unspecified atom stereocenters. The van der Waals surface area contributed by atoms with E-state index in [1.165, 1.54) is 0 Å². The molecule has 1 aromatic carbocycles. The summed E-state index contributed by atoms with van der Waals surface area (Å²) in [4.78, 5) is 15.9. The van der Waals surface area contributed by atoms with Gasteiger partial charge in [0.15, 0.2) is 0 Å². The number of ether oxygens (including phenoxy) is 1. The lowest BCUT2D eigenvalue weighted by Crippen LogP contribution is -2.37. The zero-order valence-electron chi connectivity index (χ0n) is 11.8. The third-order valence-electron chi connectivity index (χ3n) is 3.02. The zero-order chi connectivity index (χ0) is 13.7. The van der Waals surface area contributed by atoms with Gasteiger partial charge in [0.2, 0.25) is 0 Å². The molecule has 4 heteroatoms. The number of hydrogen-bond acceptors (Lipinski definition) is 3. The minimum absolute atomic E-state index is 0.0184. The summed E-state index contributed by atoms with van der Waals surface area (Å²) in [6, 6.07) is 7.67. The van der Waals surface area contributed by atoms with Crippen LogP contribution in [0, 0.1) is 0 Å². The van der Waals surface area contributed by atoms with Crippen molar-refractivity contribution in [2.45, 2.75) is 13.0 Å². The van der Waals surface area contributed by atoms with E-state index in [2.05, 4.69) is 0 Å². The lowest BCUT2D eigenvalue weighted by molar-refractivity contribution is 0.0633. The lowest BCUT2D eigenvalue weighted by Gasteiger charge is -2.24. The zero-order valence-corrected chi connectivity index (χ0v) is 11.8. The van der Waals surface area contributed by atoms with Crippen LogP contribution in [-0.2, 0) is 4.74 Å². The van der Waals surface area contributed by atoms with Crippen LogP contribution < -0.4 is 4.90 Å².